The van der Waals surface area contributed by atoms with E-state index in [2.05, 4.69) is 73.6 Å². The zero-order valence-electron chi connectivity index (χ0n) is 13.1. The van der Waals surface area contributed by atoms with Crippen LogP contribution in [0.5, 0.6) is 5.75 Å². The molecule has 0 N–H and O–H groups in total. The highest BCUT2D eigenvalue weighted by Gasteiger charge is 2.38. The molecule has 0 aliphatic heterocycles. The van der Waals surface area contributed by atoms with Gasteiger partial charge >= 0.3 is 0 Å². The van der Waals surface area contributed by atoms with Crippen LogP contribution in [0.2, 0.25) is 0 Å². The molecule has 0 saturated carbocycles. The van der Waals surface area contributed by atoms with E-state index in [1.165, 1.54) is 11.1 Å². The van der Waals surface area contributed by atoms with E-state index in [0.717, 1.165) is 5.75 Å². The van der Waals surface area contributed by atoms with Crippen molar-refractivity contribution in [1.82, 2.24) is 0 Å². The van der Waals surface area contributed by atoms with Gasteiger partial charge in [0.25, 0.3) is 0 Å². The highest BCUT2D eigenvalue weighted by atomic mass is 31.1. The fraction of sp³-hybridized carbons (Fsp3) is 0.625. The van der Waals surface area contributed by atoms with Gasteiger partial charge in [-0.15, -0.1) is 0 Å². The summed E-state index contributed by atoms with van der Waals surface area (Å²) in [7, 11) is -0.551. The van der Waals surface area contributed by atoms with Gasteiger partial charge in [0.1, 0.15) is 5.75 Å². The normalized spacial score (nSPS) is 12.9. The van der Waals surface area contributed by atoms with Crippen molar-refractivity contribution in [2.75, 3.05) is 0 Å². The molecule has 0 aliphatic carbocycles. The monoisotopic (exact) mass is 266 g/mol. The fourth-order valence-electron chi connectivity index (χ4n) is 2.31. The Morgan fingerprint density at radius 1 is 0.833 bits per heavy atom. The van der Waals surface area contributed by atoms with Crippen molar-refractivity contribution < 1.29 is 4.52 Å². The summed E-state index contributed by atoms with van der Waals surface area (Å²) in [6.45, 7) is 17.9. The van der Waals surface area contributed by atoms with Crippen LogP contribution in [0.1, 0.15) is 52.7 Å². The van der Waals surface area contributed by atoms with Crippen molar-refractivity contribution in [3.8, 4) is 5.75 Å². The summed E-state index contributed by atoms with van der Waals surface area (Å²) in [5, 5.41) is 0.366. The second-order valence-corrected chi connectivity index (χ2v) is 10.4. The largest absolute Gasteiger partial charge is 0.472 e. The number of hydrogen-bond acceptors (Lipinski definition) is 1. The first-order valence-corrected chi connectivity index (χ1v) is 7.84. The summed E-state index contributed by atoms with van der Waals surface area (Å²) in [6.07, 6.45) is 0. The third-order valence-corrected chi connectivity index (χ3v) is 5.61. The lowest BCUT2D eigenvalue weighted by Gasteiger charge is -2.40. The smallest absolute Gasteiger partial charge is 0.129 e. The van der Waals surface area contributed by atoms with Crippen molar-refractivity contribution in [2.24, 2.45) is 0 Å². The Hall–Kier alpha value is -0.550. The number of hydrogen-bond donors (Lipinski definition) is 0. The lowest BCUT2D eigenvalue weighted by molar-refractivity contribution is 0.527. The van der Waals surface area contributed by atoms with Gasteiger partial charge in [-0.25, -0.2) is 0 Å². The number of benzene rings is 1. The van der Waals surface area contributed by atoms with Crippen LogP contribution < -0.4 is 4.52 Å². The third-order valence-electron chi connectivity index (χ3n) is 2.81. The highest BCUT2D eigenvalue weighted by molar-refractivity contribution is 7.56. The van der Waals surface area contributed by atoms with Crippen molar-refractivity contribution in [3.05, 3.63) is 29.3 Å². The molecule has 0 aromatic heterocycles. The van der Waals surface area contributed by atoms with E-state index in [9.17, 15) is 0 Å². The van der Waals surface area contributed by atoms with Crippen LogP contribution in [0.4, 0.5) is 0 Å². The fourth-order valence-corrected chi connectivity index (χ4v) is 5.35. The Kier molecular flexibility index (Phi) is 4.49. The maximum Gasteiger partial charge on any atom is 0.129 e. The molecule has 102 valence electrons. The number of aryl methyl sites for hydroxylation is 2. The molecular formula is C16H27OP. The molecule has 0 atom stereocenters. The van der Waals surface area contributed by atoms with Crippen LogP contribution in [-0.4, -0.2) is 10.3 Å². The Bertz CT molecular complexity index is 376. The predicted molar refractivity (Wildman–Crippen MR) is 83.0 cm³/mol. The summed E-state index contributed by atoms with van der Waals surface area (Å²) in [5.41, 5.74) is 2.46. The summed E-state index contributed by atoms with van der Waals surface area (Å²) in [5.74, 6) is 1.08. The Morgan fingerprint density at radius 2 is 1.22 bits per heavy atom. The molecule has 2 heteroatoms. The van der Waals surface area contributed by atoms with Crippen molar-refractivity contribution in [1.29, 1.82) is 0 Å². The van der Waals surface area contributed by atoms with Crippen LogP contribution >= 0.6 is 8.15 Å². The second-order valence-electron chi connectivity index (χ2n) is 6.95. The molecule has 0 fully saturated rings. The van der Waals surface area contributed by atoms with E-state index in [-0.39, 0.29) is 10.3 Å². The van der Waals surface area contributed by atoms with E-state index < -0.39 is 8.15 Å². The first-order valence-electron chi connectivity index (χ1n) is 6.58. The maximum atomic E-state index is 6.47. The van der Waals surface area contributed by atoms with Gasteiger partial charge in [0, 0.05) is 10.3 Å². The summed E-state index contributed by atoms with van der Waals surface area (Å²) in [4.78, 5) is 0. The molecule has 0 spiro atoms. The van der Waals surface area contributed by atoms with Crippen LogP contribution in [-0.2, 0) is 0 Å². The Morgan fingerprint density at radius 3 is 1.56 bits per heavy atom. The van der Waals surface area contributed by atoms with Crippen molar-refractivity contribution in [3.63, 3.8) is 0 Å². The van der Waals surface area contributed by atoms with E-state index >= 15 is 0 Å². The van der Waals surface area contributed by atoms with E-state index in [1.807, 2.05) is 0 Å². The van der Waals surface area contributed by atoms with Crippen LogP contribution in [0.15, 0.2) is 18.2 Å². The molecule has 0 heterocycles. The minimum Gasteiger partial charge on any atom is -0.472 e. The van der Waals surface area contributed by atoms with Gasteiger partial charge in [0.15, 0.2) is 0 Å². The summed E-state index contributed by atoms with van der Waals surface area (Å²) in [6, 6.07) is 6.34. The molecule has 1 rings (SSSR count). The van der Waals surface area contributed by atoms with Gasteiger partial charge in [0.2, 0.25) is 0 Å². The molecular weight excluding hydrogens is 239 g/mol. The summed E-state index contributed by atoms with van der Waals surface area (Å²) < 4.78 is 6.47. The molecule has 0 unspecified atom stereocenters. The third kappa shape index (κ3) is 3.72. The first-order chi connectivity index (χ1) is 8.03. The standard InChI is InChI=1S/C16H27OP/c1-12-10-9-11-13(2)14(12)17-18(15(3,4)5)16(6,7)8/h9-11H,1-8H3. The first kappa shape index (κ1) is 15.5. The summed E-state index contributed by atoms with van der Waals surface area (Å²) >= 11 is 0. The van der Waals surface area contributed by atoms with E-state index in [1.54, 1.807) is 0 Å². The number of para-hydroxylation sites is 1. The Labute approximate surface area is 114 Å². The lowest BCUT2D eigenvalue weighted by Crippen LogP contribution is -2.28. The average molecular weight is 266 g/mol. The van der Waals surface area contributed by atoms with Crippen LogP contribution in [0.25, 0.3) is 0 Å². The molecule has 18 heavy (non-hydrogen) atoms. The van der Waals surface area contributed by atoms with Crippen molar-refractivity contribution >= 4 is 8.15 Å². The Balaban J connectivity index is 3.13. The molecule has 0 radical (unpaired) electrons. The topological polar surface area (TPSA) is 9.23 Å². The quantitative estimate of drug-likeness (QED) is 0.626. The SMILES string of the molecule is Cc1cccc(C)c1OP(C(C)(C)C)C(C)(C)C. The van der Waals surface area contributed by atoms with Gasteiger partial charge in [-0.3, -0.25) is 0 Å². The molecule has 1 nitrogen and oxygen atoms in total. The highest BCUT2D eigenvalue weighted by Crippen LogP contribution is 2.60. The number of rotatable bonds is 2. The van der Waals surface area contributed by atoms with Gasteiger partial charge in [0.05, 0.1) is 8.15 Å². The minimum absolute atomic E-state index is 0.183. The van der Waals surface area contributed by atoms with Crippen LogP contribution in [0.3, 0.4) is 0 Å². The van der Waals surface area contributed by atoms with Gasteiger partial charge in [-0.05, 0) is 25.0 Å². The lowest BCUT2D eigenvalue weighted by atomic mass is 10.1. The van der Waals surface area contributed by atoms with Gasteiger partial charge in [-0.2, -0.15) is 0 Å². The van der Waals surface area contributed by atoms with E-state index in [0.29, 0.717) is 0 Å². The van der Waals surface area contributed by atoms with Gasteiger partial charge < -0.3 is 4.52 Å². The van der Waals surface area contributed by atoms with E-state index in [4.69, 9.17) is 4.52 Å². The van der Waals surface area contributed by atoms with Crippen molar-refractivity contribution in [2.45, 2.75) is 65.7 Å². The minimum atomic E-state index is -0.551. The average Bonchev–Trinajstić information content (AvgIpc) is 2.12. The maximum absolute atomic E-state index is 6.47. The molecule has 0 saturated heterocycles. The second kappa shape index (κ2) is 5.21. The van der Waals surface area contributed by atoms with Crippen LogP contribution in [0, 0.1) is 13.8 Å². The molecule has 1 aromatic carbocycles. The zero-order chi connectivity index (χ0) is 14.1. The molecule has 0 bridgehead atoms. The predicted octanol–water partition coefficient (Wildman–Crippen LogP) is 5.68. The van der Waals surface area contributed by atoms with Gasteiger partial charge in [-0.1, -0.05) is 59.7 Å². The molecule has 1 aromatic rings. The molecule has 0 aliphatic rings. The zero-order valence-corrected chi connectivity index (χ0v) is 14.0. The molecule has 0 amide bonds.